The van der Waals surface area contributed by atoms with Gasteiger partial charge in [-0.25, -0.2) is 18.1 Å². The van der Waals surface area contributed by atoms with E-state index in [2.05, 4.69) is 20.0 Å². The van der Waals surface area contributed by atoms with Crippen LogP contribution in [0, 0.1) is 6.92 Å². The van der Waals surface area contributed by atoms with Crippen molar-refractivity contribution in [2.45, 2.75) is 11.8 Å². The molecule has 1 heterocycles. The molecule has 0 atom stereocenters. The average molecular weight is 396 g/mol. The van der Waals surface area contributed by atoms with Crippen molar-refractivity contribution in [1.29, 1.82) is 0 Å². The summed E-state index contributed by atoms with van der Waals surface area (Å²) in [6, 6.07) is 14.0. The van der Waals surface area contributed by atoms with Gasteiger partial charge in [0.2, 0.25) is 15.9 Å². The molecule has 3 aromatic rings. The summed E-state index contributed by atoms with van der Waals surface area (Å²) in [5, 5.41) is 2.62. The second-order valence-electron chi connectivity index (χ2n) is 6.12. The van der Waals surface area contributed by atoms with Gasteiger partial charge in [-0.3, -0.25) is 9.78 Å². The fourth-order valence-electron chi connectivity index (χ4n) is 2.44. The molecular weight excluding hydrogens is 376 g/mol. The maximum atomic E-state index is 12.2. The van der Waals surface area contributed by atoms with E-state index in [1.807, 2.05) is 31.2 Å². The molecule has 2 aromatic carbocycles. The minimum atomic E-state index is -3.59. The number of sulfonamides is 1. The van der Waals surface area contributed by atoms with Crippen LogP contribution in [0.3, 0.4) is 0 Å². The summed E-state index contributed by atoms with van der Waals surface area (Å²) in [5.41, 5.74) is 3.07. The Hall–Kier alpha value is -3.10. The van der Waals surface area contributed by atoms with E-state index in [0.717, 1.165) is 16.6 Å². The third-order valence-electron chi connectivity index (χ3n) is 3.92. The van der Waals surface area contributed by atoms with Crippen LogP contribution >= 0.6 is 0 Å². The molecule has 0 aliphatic heterocycles. The third kappa shape index (κ3) is 5.21. The predicted molar refractivity (Wildman–Crippen MR) is 108 cm³/mol. The zero-order valence-corrected chi connectivity index (χ0v) is 16.1. The van der Waals surface area contributed by atoms with Gasteiger partial charge in [0.25, 0.3) is 0 Å². The second kappa shape index (κ2) is 8.73. The van der Waals surface area contributed by atoms with Gasteiger partial charge in [-0.05, 0) is 37.3 Å². The lowest BCUT2D eigenvalue weighted by Crippen LogP contribution is -2.34. The molecule has 0 fully saturated rings. The molecule has 2 N–H and O–H groups in total. The summed E-state index contributed by atoms with van der Waals surface area (Å²) in [7, 11) is -3.59. The first kappa shape index (κ1) is 19.7. The highest BCUT2D eigenvalue weighted by molar-refractivity contribution is 7.89. The van der Waals surface area contributed by atoms with Gasteiger partial charge in [0.15, 0.2) is 0 Å². The Morgan fingerprint density at radius 1 is 1.04 bits per heavy atom. The number of carbonyl (C=O) groups is 1. The van der Waals surface area contributed by atoms with E-state index in [9.17, 15) is 13.2 Å². The molecule has 0 spiro atoms. The molecule has 0 aliphatic carbocycles. The van der Waals surface area contributed by atoms with Crippen molar-refractivity contribution in [3.63, 3.8) is 0 Å². The van der Waals surface area contributed by atoms with Gasteiger partial charge in [0.1, 0.15) is 0 Å². The molecule has 1 amide bonds. The van der Waals surface area contributed by atoms with Gasteiger partial charge in [0.05, 0.1) is 27.8 Å². The molecule has 7 nitrogen and oxygen atoms in total. The molecule has 28 heavy (non-hydrogen) atoms. The minimum Gasteiger partial charge on any atom is -0.351 e. The number of fused-ring (bicyclic) bond motifs is 1. The predicted octanol–water partition coefficient (Wildman–Crippen LogP) is 2.05. The zero-order chi connectivity index (χ0) is 20.0. The first-order valence-electron chi connectivity index (χ1n) is 8.68. The number of hydrogen-bond acceptors (Lipinski definition) is 5. The molecule has 1 aromatic heterocycles. The molecular formula is C20H20N4O3S. The highest BCUT2D eigenvalue weighted by Crippen LogP contribution is 2.10. The van der Waals surface area contributed by atoms with Gasteiger partial charge in [-0.1, -0.05) is 29.8 Å². The molecule has 0 saturated heterocycles. The monoisotopic (exact) mass is 396 g/mol. The number of nitrogens with zero attached hydrogens (tertiary/aromatic N) is 2. The Morgan fingerprint density at radius 2 is 1.75 bits per heavy atom. The van der Waals surface area contributed by atoms with Crippen molar-refractivity contribution in [1.82, 2.24) is 20.0 Å². The van der Waals surface area contributed by atoms with Crippen molar-refractivity contribution >= 4 is 33.0 Å². The van der Waals surface area contributed by atoms with E-state index in [-0.39, 0.29) is 23.9 Å². The molecule has 0 radical (unpaired) electrons. The van der Waals surface area contributed by atoms with E-state index in [1.54, 1.807) is 36.5 Å². The quantitative estimate of drug-likeness (QED) is 0.470. The smallest absolute Gasteiger partial charge is 0.244 e. The summed E-state index contributed by atoms with van der Waals surface area (Å²) >= 11 is 0. The number of nitrogens with one attached hydrogen (secondary N) is 2. The van der Waals surface area contributed by atoms with E-state index in [0.29, 0.717) is 5.69 Å². The van der Waals surface area contributed by atoms with Crippen LogP contribution in [0.4, 0.5) is 0 Å². The Morgan fingerprint density at radius 3 is 2.50 bits per heavy atom. The Bertz CT molecular complexity index is 1110. The normalized spacial score (nSPS) is 11.8. The lowest BCUT2D eigenvalue weighted by Gasteiger charge is -2.07. The van der Waals surface area contributed by atoms with E-state index < -0.39 is 10.0 Å². The number of hydrogen-bond donors (Lipinski definition) is 2. The summed E-state index contributed by atoms with van der Waals surface area (Å²) < 4.78 is 26.8. The standard InChI is InChI=1S/C20H20N4O3S/c1-15-6-9-17(10-7-15)28(26,27)23-13-12-21-20(25)11-8-16-14-22-18-4-2-3-5-19(18)24-16/h2-11,14,23H,12-13H2,1H3,(H,21,25)/b11-8+. The first-order chi connectivity index (χ1) is 13.4. The fourth-order valence-corrected chi connectivity index (χ4v) is 3.48. The molecule has 3 rings (SSSR count). The van der Waals surface area contributed by atoms with Crippen LogP contribution in [-0.4, -0.2) is 37.4 Å². The fraction of sp³-hybridized carbons (Fsp3) is 0.150. The number of para-hydroxylation sites is 2. The zero-order valence-electron chi connectivity index (χ0n) is 15.3. The van der Waals surface area contributed by atoms with E-state index >= 15 is 0 Å². The van der Waals surface area contributed by atoms with Crippen molar-refractivity contribution in [3.05, 3.63) is 72.1 Å². The SMILES string of the molecule is Cc1ccc(S(=O)(=O)NCCNC(=O)/C=C/c2cnc3ccccc3n2)cc1. The van der Waals surface area contributed by atoms with Gasteiger partial charge >= 0.3 is 0 Å². The van der Waals surface area contributed by atoms with Crippen LogP contribution < -0.4 is 10.0 Å². The van der Waals surface area contributed by atoms with Gasteiger partial charge < -0.3 is 5.32 Å². The molecule has 8 heteroatoms. The van der Waals surface area contributed by atoms with Crippen LogP contribution in [0.15, 0.2) is 65.7 Å². The van der Waals surface area contributed by atoms with E-state index in [4.69, 9.17) is 0 Å². The number of amides is 1. The maximum Gasteiger partial charge on any atom is 0.244 e. The van der Waals surface area contributed by atoms with E-state index in [1.165, 1.54) is 6.08 Å². The average Bonchev–Trinajstić information content (AvgIpc) is 2.70. The van der Waals surface area contributed by atoms with Crippen LogP contribution in [0.1, 0.15) is 11.3 Å². The molecule has 0 saturated carbocycles. The number of aryl methyl sites for hydroxylation is 1. The first-order valence-corrected chi connectivity index (χ1v) is 10.2. The largest absolute Gasteiger partial charge is 0.351 e. The van der Waals surface area contributed by atoms with Crippen LogP contribution in [-0.2, 0) is 14.8 Å². The highest BCUT2D eigenvalue weighted by Gasteiger charge is 2.12. The van der Waals surface area contributed by atoms with Crippen molar-refractivity contribution in [3.8, 4) is 0 Å². The van der Waals surface area contributed by atoms with Crippen molar-refractivity contribution in [2.24, 2.45) is 0 Å². The highest BCUT2D eigenvalue weighted by atomic mass is 32.2. The Kier molecular flexibility index (Phi) is 6.13. The number of benzene rings is 2. The van der Waals surface area contributed by atoms with Crippen LogP contribution in [0.2, 0.25) is 0 Å². The van der Waals surface area contributed by atoms with Crippen molar-refractivity contribution < 1.29 is 13.2 Å². The number of aromatic nitrogens is 2. The van der Waals surface area contributed by atoms with Crippen LogP contribution in [0.5, 0.6) is 0 Å². The number of carbonyl (C=O) groups excluding carboxylic acids is 1. The van der Waals surface area contributed by atoms with Gasteiger partial charge in [-0.15, -0.1) is 0 Å². The minimum absolute atomic E-state index is 0.0889. The van der Waals surface area contributed by atoms with Crippen LogP contribution in [0.25, 0.3) is 17.1 Å². The summed E-state index contributed by atoms with van der Waals surface area (Å²) in [4.78, 5) is 20.8. The molecule has 0 aliphatic rings. The summed E-state index contributed by atoms with van der Waals surface area (Å²) in [6.07, 6.45) is 4.49. The summed E-state index contributed by atoms with van der Waals surface area (Å²) in [6.45, 7) is 2.14. The van der Waals surface area contributed by atoms with Gasteiger partial charge in [-0.2, -0.15) is 0 Å². The lowest BCUT2D eigenvalue weighted by atomic mass is 10.2. The second-order valence-corrected chi connectivity index (χ2v) is 7.89. The molecule has 0 bridgehead atoms. The lowest BCUT2D eigenvalue weighted by molar-refractivity contribution is -0.116. The van der Waals surface area contributed by atoms with Crippen molar-refractivity contribution in [2.75, 3.05) is 13.1 Å². The topological polar surface area (TPSA) is 101 Å². The Balaban J connectivity index is 1.48. The summed E-state index contributed by atoms with van der Waals surface area (Å²) in [5.74, 6) is -0.343. The molecule has 0 unspecified atom stereocenters. The Labute approximate surface area is 163 Å². The molecule has 144 valence electrons. The maximum absolute atomic E-state index is 12.2. The van der Waals surface area contributed by atoms with Gasteiger partial charge in [0, 0.05) is 19.2 Å². The third-order valence-corrected chi connectivity index (χ3v) is 5.40. The number of rotatable bonds is 7.